The summed E-state index contributed by atoms with van der Waals surface area (Å²) < 4.78 is 2.56. The number of aromatic nitrogens is 2. The van der Waals surface area contributed by atoms with Gasteiger partial charge in [-0.1, -0.05) is 43.5 Å². The van der Waals surface area contributed by atoms with E-state index >= 15 is 0 Å². The maximum atomic E-state index is 6.11. The second-order valence-corrected chi connectivity index (χ2v) is 10.5. The van der Waals surface area contributed by atoms with Crippen LogP contribution in [0.1, 0.15) is 81.3 Å². The number of hydrogen-bond donors (Lipinski definition) is 2. The number of nitrogens with two attached hydrogens (primary N) is 1. The van der Waals surface area contributed by atoms with Crippen molar-refractivity contribution in [2.75, 3.05) is 6.54 Å². The Morgan fingerprint density at radius 1 is 0.970 bits per heavy atom. The molecule has 2 aliphatic rings. The first-order chi connectivity index (χ1) is 16.3. The van der Waals surface area contributed by atoms with E-state index in [1.165, 1.54) is 67.0 Å². The van der Waals surface area contributed by atoms with Gasteiger partial charge in [0.05, 0.1) is 0 Å². The first kappa shape index (κ1) is 22.6. The highest BCUT2D eigenvalue weighted by atomic mass is 15.0. The molecule has 1 aromatic carbocycles. The Bertz CT molecular complexity index is 997. The molecule has 0 saturated heterocycles. The number of para-hydroxylation sites is 1. The van der Waals surface area contributed by atoms with Crippen molar-refractivity contribution in [1.29, 1.82) is 0 Å². The third-order valence-corrected chi connectivity index (χ3v) is 8.10. The van der Waals surface area contributed by atoms with Crippen LogP contribution in [0.15, 0.2) is 55.0 Å². The zero-order valence-corrected chi connectivity index (χ0v) is 20.0. The number of benzene rings is 1. The lowest BCUT2D eigenvalue weighted by Gasteiger charge is -2.27. The van der Waals surface area contributed by atoms with Crippen LogP contribution in [0.3, 0.4) is 0 Å². The monoisotopic (exact) mass is 444 g/mol. The SMILES string of the molecule is NC1CCC(NCCC(c2cccnc2)c2cn(CC3CCCCC3)c3ccccc23)CC1. The quantitative estimate of drug-likeness (QED) is 0.448. The molecule has 2 heterocycles. The fourth-order valence-electron chi connectivity index (χ4n) is 6.19. The summed E-state index contributed by atoms with van der Waals surface area (Å²) in [5.74, 6) is 1.17. The van der Waals surface area contributed by atoms with E-state index in [-0.39, 0.29) is 0 Å². The van der Waals surface area contributed by atoms with Crippen LogP contribution in [-0.4, -0.2) is 28.2 Å². The van der Waals surface area contributed by atoms with E-state index in [2.05, 4.69) is 63.7 Å². The summed E-state index contributed by atoms with van der Waals surface area (Å²) in [6, 6.07) is 14.4. The van der Waals surface area contributed by atoms with Gasteiger partial charge in [0.15, 0.2) is 0 Å². The van der Waals surface area contributed by atoms with Crippen LogP contribution in [0.5, 0.6) is 0 Å². The van der Waals surface area contributed by atoms with Crippen LogP contribution in [0, 0.1) is 5.92 Å². The molecule has 0 bridgehead atoms. The van der Waals surface area contributed by atoms with Crippen molar-refractivity contribution in [1.82, 2.24) is 14.9 Å². The van der Waals surface area contributed by atoms with E-state index in [4.69, 9.17) is 5.73 Å². The molecule has 0 amide bonds. The van der Waals surface area contributed by atoms with Gasteiger partial charge in [-0.25, -0.2) is 0 Å². The Kier molecular flexibility index (Phi) is 7.43. The van der Waals surface area contributed by atoms with E-state index in [0.717, 1.165) is 38.3 Å². The molecule has 5 rings (SSSR count). The number of fused-ring (bicyclic) bond motifs is 1. The molecule has 33 heavy (non-hydrogen) atoms. The van der Waals surface area contributed by atoms with Gasteiger partial charge in [0.25, 0.3) is 0 Å². The van der Waals surface area contributed by atoms with Crippen molar-refractivity contribution >= 4 is 10.9 Å². The minimum atomic E-state index is 0.356. The molecule has 3 N–H and O–H groups in total. The van der Waals surface area contributed by atoms with Gasteiger partial charge in [0.2, 0.25) is 0 Å². The van der Waals surface area contributed by atoms with Gasteiger partial charge in [0.1, 0.15) is 0 Å². The van der Waals surface area contributed by atoms with Crippen molar-refractivity contribution in [3.05, 3.63) is 66.1 Å². The molecule has 3 aromatic rings. The van der Waals surface area contributed by atoms with E-state index in [1.54, 1.807) is 0 Å². The summed E-state index contributed by atoms with van der Waals surface area (Å²) >= 11 is 0. The average Bonchev–Trinajstić information content (AvgIpc) is 3.22. The molecular formula is C29H40N4. The van der Waals surface area contributed by atoms with Gasteiger partial charge in [-0.3, -0.25) is 4.98 Å². The van der Waals surface area contributed by atoms with E-state index < -0.39 is 0 Å². The summed E-state index contributed by atoms with van der Waals surface area (Å²) in [7, 11) is 0. The third kappa shape index (κ3) is 5.50. The minimum Gasteiger partial charge on any atom is -0.347 e. The van der Waals surface area contributed by atoms with Gasteiger partial charge >= 0.3 is 0 Å². The molecule has 2 saturated carbocycles. The summed E-state index contributed by atoms with van der Waals surface area (Å²) in [5.41, 5.74) is 10.3. The first-order valence-corrected chi connectivity index (χ1v) is 13.2. The second kappa shape index (κ2) is 10.8. The Morgan fingerprint density at radius 3 is 2.58 bits per heavy atom. The van der Waals surface area contributed by atoms with Crippen LogP contribution in [-0.2, 0) is 6.54 Å². The smallest absolute Gasteiger partial charge is 0.0483 e. The third-order valence-electron chi connectivity index (χ3n) is 8.10. The summed E-state index contributed by atoms with van der Waals surface area (Å²) in [4.78, 5) is 4.48. The Hall–Kier alpha value is -2.17. The highest BCUT2D eigenvalue weighted by molar-refractivity contribution is 5.85. The number of nitrogens with one attached hydrogen (secondary N) is 1. The van der Waals surface area contributed by atoms with Crippen LogP contribution < -0.4 is 11.1 Å². The first-order valence-electron chi connectivity index (χ1n) is 13.2. The fraction of sp³-hybridized carbons (Fsp3) is 0.552. The maximum absolute atomic E-state index is 6.11. The largest absolute Gasteiger partial charge is 0.347 e. The highest BCUT2D eigenvalue weighted by Crippen LogP contribution is 2.36. The van der Waals surface area contributed by atoms with E-state index in [1.807, 2.05) is 6.20 Å². The molecule has 4 heteroatoms. The molecule has 1 unspecified atom stereocenters. The van der Waals surface area contributed by atoms with Crippen LogP contribution in [0.25, 0.3) is 10.9 Å². The molecule has 0 aliphatic heterocycles. The Balaban J connectivity index is 1.39. The highest BCUT2D eigenvalue weighted by Gasteiger charge is 2.23. The number of pyridine rings is 1. The molecular weight excluding hydrogens is 404 g/mol. The predicted molar refractivity (Wildman–Crippen MR) is 137 cm³/mol. The molecule has 0 spiro atoms. The van der Waals surface area contributed by atoms with Crippen LogP contribution >= 0.6 is 0 Å². The topological polar surface area (TPSA) is 55.9 Å². The number of nitrogens with zero attached hydrogens (tertiary/aromatic N) is 2. The summed E-state index contributed by atoms with van der Waals surface area (Å²) in [6.45, 7) is 2.18. The second-order valence-electron chi connectivity index (χ2n) is 10.5. The van der Waals surface area contributed by atoms with Crippen molar-refractivity contribution in [2.45, 2.75) is 88.8 Å². The van der Waals surface area contributed by atoms with Crippen LogP contribution in [0.4, 0.5) is 0 Å². The summed E-state index contributed by atoms with van der Waals surface area (Å²) in [6.07, 6.45) is 19.2. The predicted octanol–water partition coefficient (Wildman–Crippen LogP) is 6.00. The van der Waals surface area contributed by atoms with E-state index in [9.17, 15) is 0 Å². The van der Waals surface area contributed by atoms with Gasteiger partial charge in [-0.15, -0.1) is 0 Å². The standard InChI is InChI=1S/C29H40N4/c30-24-12-14-25(15-13-24)32-18-16-26(23-9-6-17-31-19-23)28-21-33(20-22-7-2-1-3-8-22)29-11-5-4-10-27(28)29/h4-6,9-11,17,19,21-22,24-26,32H,1-3,7-8,12-16,18,20,30H2. The van der Waals surface area contributed by atoms with Crippen molar-refractivity contribution in [3.8, 4) is 0 Å². The molecule has 2 aromatic heterocycles. The molecule has 2 aliphatic carbocycles. The molecule has 0 radical (unpaired) electrons. The minimum absolute atomic E-state index is 0.356. The lowest BCUT2D eigenvalue weighted by Crippen LogP contribution is -2.38. The normalized spacial score (nSPS) is 23.1. The van der Waals surface area contributed by atoms with Gasteiger partial charge < -0.3 is 15.6 Å². The number of hydrogen-bond acceptors (Lipinski definition) is 3. The Labute approximate surface area is 199 Å². The zero-order chi connectivity index (χ0) is 22.5. The lowest BCUT2D eigenvalue weighted by molar-refractivity contribution is 0.322. The number of rotatable bonds is 8. The zero-order valence-electron chi connectivity index (χ0n) is 20.0. The van der Waals surface area contributed by atoms with Gasteiger partial charge in [-0.05, 0) is 80.7 Å². The van der Waals surface area contributed by atoms with Crippen molar-refractivity contribution < 1.29 is 0 Å². The average molecular weight is 445 g/mol. The molecule has 1 atom stereocenters. The van der Waals surface area contributed by atoms with Crippen molar-refractivity contribution in [2.24, 2.45) is 11.7 Å². The summed E-state index contributed by atoms with van der Waals surface area (Å²) in [5, 5.41) is 5.26. The van der Waals surface area contributed by atoms with Gasteiger partial charge in [0, 0.05) is 54.0 Å². The molecule has 176 valence electrons. The lowest BCUT2D eigenvalue weighted by atomic mass is 9.88. The van der Waals surface area contributed by atoms with Crippen LogP contribution in [0.2, 0.25) is 0 Å². The maximum Gasteiger partial charge on any atom is 0.0483 e. The fourth-order valence-corrected chi connectivity index (χ4v) is 6.19. The Morgan fingerprint density at radius 2 is 1.79 bits per heavy atom. The van der Waals surface area contributed by atoms with Gasteiger partial charge in [-0.2, -0.15) is 0 Å². The molecule has 4 nitrogen and oxygen atoms in total. The molecule has 2 fully saturated rings. The van der Waals surface area contributed by atoms with Crippen molar-refractivity contribution in [3.63, 3.8) is 0 Å². The van der Waals surface area contributed by atoms with E-state index in [0.29, 0.717) is 18.0 Å².